The van der Waals surface area contributed by atoms with Crippen molar-refractivity contribution in [1.82, 2.24) is 4.98 Å². The number of hydrogen-bond donors (Lipinski definition) is 1. The van der Waals surface area contributed by atoms with Crippen LogP contribution < -0.4 is 9.47 Å². The lowest BCUT2D eigenvalue weighted by atomic mass is 9.99. The maximum absolute atomic E-state index is 12.2. The number of aromatic nitrogens is 1. The van der Waals surface area contributed by atoms with Gasteiger partial charge in [0.25, 0.3) is 0 Å². The van der Waals surface area contributed by atoms with Crippen LogP contribution in [0.25, 0.3) is 0 Å². The number of ketones is 1. The molecule has 1 atom stereocenters. The van der Waals surface area contributed by atoms with E-state index in [-0.39, 0.29) is 18.6 Å². The standard InChI is InChI=1S/C25H25NO5/c1-17-6-3-4-8-21(17)23(11-12-25(28)29)31-24-14-20(9-10-22(24)18(2)27)30-16-19-7-5-13-26-15-19/h3-10,13-15,23H,11-12,16H2,1-2H3,(H,28,29). The summed E-state index contributed by atoms with van der Waals surface area (Å²) < 4.78 is 12.1. The Morgan fingerprint density at radius 1 is 1.10 bits per heavy atom. The normalized spacial score (nSPS) is 11.5. The number of hydrogen-bond acceptors (Lipinski definition) is 5. The molecule has 1 unspecified atom stereocenters. The lowest BCUT2D eigenvalue weighted by molar-refractivity contribution is -0.137. The Hall–Kier alpha value is -3.67. The Balaban J connectivity index is 1.88. The Morgan fingerprint density at radius 2 is 1.90 bits per heavy atom. The van der Waals surface area contributed by atoms with Gasteiger partial charge in [0.15, 0.2) is 5.78 Å². The van der Waals surface area contributed by atoms with Crippen LogP contribution in [0.4, 0.5) is 0 Å². The summed E-state index contributed by atoms with van der Waals surface area (Å²) in [6, 6.07) is 16.5. The fraction of sp³-hybridized carbons (Fsp3) is 0.240. The molecule has 0 radical (unpaired) electrons. The number of pyridine rings is 1. The fourth-order valence-corrected chi connectivity index (χ4v) is 3.26. The van der Waals surface area contributed by atoms with Crippen LogP contribution in [0.3, 0.4) is 0 Å². The molecule has 0 amide bonds. The van der Waals surface area contributed by atoms with Crippen LogP contribution in [0, 0.1) is 6.92 Å². The van der Waals surface area contributed by atoms with Gasteiger partial charge in [-0.15, -0.1) is 0 Å². The van der Waals surface area contributed by atoms with Crippen molar-refractivity contribution in [2.75, 3.05) is 0 Å². The van der Waals surface area contributed by atoms with Gasteiger partial charge in [0.1, 0.15) is 24.2 Å². The van der Waals surface area contributed by atoms with Gasteiger partial charge in [-0.1, -0.05) is 30.3 Å². The number of aliphatic carboxylic acids is 1. The smallest absolute Gasteiger partial charge is 0.303 e. The number of Topliss-reactive ketones (excluding diaryl/α,β-unsaturated/α-hetero) is 1. The van der Waals surface area contributed by atoms with Crippen molar-refractivity contribution in [1.29, 1.82) is 0 Å². The maximum Gasteiger partial charge on any atom is 0.303 e. The first-order valence-electron chi connectivity index (χ1n) is 10.0. The predicted octanol–water partition coefficient (Wildman–Crippen LogP) is 5.16. The van der Waals surface area contributed by atoms with Gasteiger partial charge in [-0.25, -0.2) is 0 Å². The van der Waals surface area contributed by atoms with Crippen molar-refractivity contribution >= 4 is 11.8 Å². The van der Waals surface area contributed by atoms with E-state index in [2.05, 4.69) is 4.98 Å². The molecule has 6 heteroatoms. The van der Waals surface area contributed by atoms with Crippen LogP contribution in [0.5, 0.6) is 11.5 Å². The van der Waals surface area contributed by atoms with E-state index < -0.39 is 12.1 Å². The fourth-order valence-electron chi connectivity index (χ4n) is 3.26. The van der Waals surface area contributed by atoms with Gasteiger partial charge in [-0.2, -0.15) is 0 Å². The van der Waals surface area contributed by atoms with E-state index in [1.165, 1.54) is 6.92 Å². The van der Waals surface area contributed by atoms with E-state index in [4.69, 9.17) is 9.47 Å². The summed E-state index contributed by atoms with van der Waals surface area (Å²) in [5.41, 5.74) is 3.22. The molecule has 0 aliphatic heterocycles. The molecular formula is C25H25NO5. The number of nitrogens with zero attached hydrogens (tertiary/aromatic N) is 1. The number of ether oxygens (including phenoxy) is 2. The van der Waals surface area contributed by atoms with E-state index in [1.54, 1.807) is 30.6 Å². The van der Waals surface area contributed by atoms with Gasteiger partial charge in [-0.3, -0.25) is 14.6 Å². The number of carbonyl (C=O) groups is 2. The summed E-state index contributed by atoms with van der Waals surface area (Å²) >= 11 is 0. The Bertz CT molecular complexity index is 1050. The molecule has 3 rings (SSSR count). The third kappa shape index (κ3) is 6.15. The summed E-state index contributed by atoms with van der Waals surface area (Å²) in [6.07, 6.45) is 3.13. The number of carboxylic acid groups (broad SMARTS) is 1. The number of carboxylic acids is 1. The number of benzene rings is 2. The van der Waals surface area contributed by atoms with E-state index in [0.29, 0.717) is 23.7 Å². The Labute approximate surface area is 181 Å². The third-order valence-electron chi connectivity index (χ3n) is 4.89. The number of rotatable bonds is 10. The van der Waals surface area contributed by atoms with Crippen LogP contribution in [0.15, 0.2) is 67.0 Å². The van der Waals surface area contributed by atoms with Gasteiger partial charge >= 0.3 is 5.97 Å². The first kappa shape index (κ1) is 22.0. The average Bonchev–Trinajstić information content (AvgIpc) is 2.76. The summed E-state index contributed by atoms with van der Waals surface area (Å²) in [7, 11) is 0. The van der Waals surface area contributed by atoms with Crippen molar-refractivity contribution in [2.24, 2.45) is 0 Å². The van der Waals surface area contributed by atoms with Crippen LogP contribution in [0.1, 0.15) is 52.9 Å². The highest BCUT2D eigenvalue weighted by Gasteiger charge is 2.20. The van der Waals surface area contributed by atoms with Crippen molar-refractivity contribution in [3.05, 3.63) is 89.2 Å². The highest BCUT2D eigenvalue weighted by Crippen LogP contribution is 2.33. The molecular weight excluding hydrogens is 394 g/mol. The van der Waals surface area contributed by atoms with Crippen LogP contribution in [-0.4, -0.2) is 21.8 Å². The minimum Gasteiger partial charge on any atom is -0.489 e. The van der Waals surface area contributed by atoms with E-state index >= 15 is 0 Å². The molecule has 6 nitrogen and oxygen atoms in total. The number of aryl methyl sites for hydroxylation is 1. The Morgan fingerprint density at radius 3 is 2.58 bits per heavy atom. The van der Waals surface area contributed by atoms with Crippen LogP contribution in [0.2, 0.25) is 0 Å². The minimum absolute atomic E-state index is 0.0500. The summed E-state index contributed by atoms with van der Waals surface area (Å²) in [5.74, 6) is -0.126. The molecule has 1 heterocycles. The molecule has 0 saturated heterocycles. The molecule has 0 spiro atoms. The van der Waals surface area contributed by atoms with Gasteiger partial charge in [-0.05, 0) is 49.6 Å². The zero-order valence-corrected chi connectivity index (χ0v) is 17.6. The van der Waals surface area contributed by atoms with Crippen molar-refractivity contribution in [3.8, 4) is 11.5 Å². The first-order valence-corrected chi connectivity index (χ1v) is 10.0. The first-order chi connectivity index (χ1) is 14.9. The quantitative estimate of drug-likeness (QED) is 0.457. The monoisotopic (exact) mass is 419 g/mol. The molecule has 0 saturated carbocycles. The summed E-state index contributed by atoms with van der Waals surface area (Å²) in [4.78, 5) is 27.4. The summed E-state index contributed by atoms with van der Waals surface area (Å²) in [6.45, 7) is 3.75. The molecule has 3 aromatic rings. The topological polar surface area (TPSA) is 85.7 Å². The highest BCUT2D eigenvalue weighted by molar-refractivity contribution is 5.97. The second kappa shape index (κ2) is 10.4. The van der Waals surface area contributed by atoms with Gasteiger partial charge in [0.2, 0.25) is 0 Å². The Kier molecular flexibility index (Phi) is 7.38. The maximum atomic E-state index is 12.2. The molecule has 160 valence electrons. The predicted molar refractivity (Wildman–Crippen MR) is 116 cm³/mol. The zero-order valence-electron chi connectivity index (χ0n) is 17.6. The molecule has 1 N–H and O–H groups in total. The van der Waals surface area contributed by atoms with Crippen LogP contribution in [-0.2, 0) is 11.4 Å². The lowest BCUT2D eigenvalue weighted by Crippen LogP contribution is -2.13. The average molecular weight is 419 g/mol. The molecule has 1 aromatic heterocycles. The van der Waals surface area contributed by atoms with E-state index in [9.17, 15) is 14.7 Å². The molecule has 0 bridgehead atoms. The SMILES string of the molecule is CC(=O)c1ccc(OCc2cccnc2)cc1OC(CCC(=O)O)c1ccccc1C. The second-order valence-corrected chi connectivity index (χ2v) is 7.26. The van der Waals surface area contributed by atoms with E-state index in [0.717, 1.165) is 16.7 Å². The van der Waals surface area contributed by atoms with Crippen LogP contribution >= 0.6 is 0 Å². The molecule has 0 aliphatic rings. The van der Waals surface area contributed by atoms with Crippen molar-refractivity contribution in [2.45, 2.75) is 39.4 Å². The lowest BCUT2D eigenvalue weighted by Gasteiger charge is -2.22. The zero-order chi connectivity index (χ0) is 22.2. The largest absolute Gasteiger partial charge is 0.489 e. The van der Waals surface area contributed by atoms with Crippen molar-refractivity contribution < 1.29 is 24.2 Å². The summed E-state index contributed by atoms with van der Waals surface area (Å²) in [5, 5.41) is 9.18. The molecule has 2 aromatic carbocycles. The molecule has 0 aliphatic carbocycles. The highest BCUT2D eigenvalue weighted by atomic mass is 16.5. The molecule has 0 fully saturated rings. The minimum atomic E-state index is -0.900. The van der Waals surface area contributed by atoms with Gasteiger partial charge in [0, 0.05) is 30.4 Å². The third-order valence-corrected chi connectivity index (χ3v) is 4.89. The molecule has 31 heavy (non-hydrogen) atoms. The van der Waals surface area contributed by atoms with Gasteiger partial charge in [0.05, 0.1) is 5.56 Å². The van der Waals surface area contributed by atoms with Gasteiger partial charge < -0.3 is 14.6 Å². The second-order valence-electron chi connectivity index (χ2n) is 7.26. The van der Waals surface area contributed by atoms with E-state index in [1.807, 2.05) is 43.3 Å². The number of carbonyl (C=O) groups excluding carboxylic acids is 1. The van der Waals surface area contributed by atoms with Crippen molar-refractivity contribution in [3.63, 3.8) is 0 Å².